The molecule has 2 aliphatic rings. The summed E-state index contributed by atoms with van der Waals surface area (Å²) in [6.45, 7) is 0. The maximum absolute atomic E-state index is 13.1. The first-order chi connectivity index (χ1) is 13.1. The molecule has 27 heavy (non-hydrogen) atoms. The second-order valence-corrected chi connectivity index (χ2v) is 7.32. The molecular weight excluding hydrogens is 360 g/mol. The van der Waals surface area contributed by atoms with E-state index in [1.807, 2.05) is 48.5 Å². The fourth-order valence-electron chi connectivity index (χ4n) is 4.00. The topological polar surface area (TPSA) is 73.9 Å². The van der Waals surface area contributed by atoms with Gasteiger partial charge in [0.1, 0.15) is 11.7 Å². The lowest BCUT2D eigenvalue weighted by molar-refractivity contribution is -0.117. The zero-order valence-corrected chi connectivity index (χ0v) is 15.2. The van der Waals surface area contributed by atoms with Crippen molar-refractivity contribution in [1.82, 2.24) is 0 Å². The number of carbonyl (C=O) groups is 1. The van der Waals surface area contributed by atoms with E-state index in [0.29, 0.717) is 29.2 Å². The largest absolute Gasteiger partial charge is 0.446 e. The minimum atomic E-state index is -0.794. The maximum atomic E-state index is 13.1. The van der Waals surface area contributed by atoms with Gasteiger partial charge in [0.05, 0.1) is 6.07 Å². The summed E-state index contributed by atoms with van der Waals surface area (Å²) in [5.41, 5.74) is 2.39. The molecule has 2 aromatic rings. The number of ether oxygens (including phenoxy) is 1. The molecular formula is C22H17ClN2O2. The third kappa shape index (κ3) is 3.15. The summed E-state index contributed by atoms with van der Waals surface area (Å²) < 4.78 is 5.68. The Hall–Kier alpha value is -2.90. The normalized spacial score (nSPS) is 24.8. The molecule has 4 nitrogen and oxygen atoms in total. The van der Waals surface area contributed by atoms with E-state index in [1.54, 1.807) is 6.07 Å². The molecule has 1 heterocycles. The molecule has 2 aromatic carbocycles. The van der Waals surface area contributed by atoms with Crippen LogP contribution in [0.5, 0.6) is 0 Å². The number of nitrogens with zero attached hydrogens (tertiary/aromatic N) is 1. The summed E-state index contributed by atoms with van der Waals surface area (Å²) in [6.07, 6.45) is 0.864. The van der Waals surface area contributed by atoms with Crippen LogP contribution in [0.2, 0.25) is 5.02 Å². The van der Waals surface area contributed by atoms with Crippen molar-refractivity contribution in [3.8, 4) is 6.07 Å². The monoisotopic (exact) mass is 376 g/mol. The Balaban J connectivity index is 1.78. The highest BCUT2D eigenvalue weighted by atomic mass is 35.5. The van der Waals surface area contributed by atoms with Gasteiger partial charge < -0.3 is 4.74 Å². The summed E-state index contributed by atoms with van der Waals surface area (Å²) in [6, 6.07) is 19.1. The van der Waals surface area contributed by atoms with Crippen LogP contribution in [0.3, 0.4) is 0 Å². The molecule has 1 aliphatic carbocycles. The minimum Gasteiger partial charge on any atom is -0.446 e. The number of hydrogen-bond acceptors (Lipinski definition) is 4. The van der Waals surface area contributed by atoms with Crippen molar-refractivity contribution >= 4 is 23.3 Å². The maximum Gasteiger partial charge on any atom is 0.205 e. The summed E-state index contributed by atoms with van der Waals surface area (Å²) >= 11 is 6.10. The Bertz CT molecular complexity index is 991. The number of hydrogen-bond donors (Lipinski definition) is 1. The lowest BCUT2D eigenvalue weighted by Gasteiger charge is -2.36. The van der Waals surface area contributed by atoms with E-state index in [0.717, 1.165) is 11.1 Å². The van der Waals surface area contributed by atoms with Gasteiger partial charge in [0.15, 0.2) is 5.78 Å². The standard InChI is InChI=1S/C22H17ClN2O2/c23-16-8-4-7-14(9-16)15-10-18(26)21-19(11-15)27-22(25)17(12-24)20(21)13-5-2-1-3-6-13/h1-9,15,17,20,25H,10-11H2. The Labute approximate surface area is 162 Å². The van der Waals surface area contributed by atoms with Gasteiger partial charge >= 0.3 is 0 Å². The number of benzene rings is 2. The number of carbonyl (C=O) groups excluding carboxylic acids is 1. The summed E-state index contributed by atoms with van der Waals surface area (Å²) in [4.78, 5) is 13.1. The first-order valence-corrected chi connectivity index (χ1v) is 9.19. The van der Waals surface area contributed by atoms with Crippen LogP contribution in [0, 0.1) is 22.7 Å². The van der Waals surface area contributed by atoms with E-state index in [1.165, 1.54) is 0 Å². The van der Waals surface area contributed by atoms with Gasteiger partial charge in [-0.2, -0.15) is 5.26 Å². The molecule has 0 amide bonds. The number of nitriles is 1. The molecule has 0 radical (unpaired) electrons. The van der Waals surface area contributed by atoms with Crippen LogP contribution in [-0.2, 0) is 9.53 Å². The van der Waals surface area contributed by atoms with E-state index in [9.17, 15) is 10.1 Å². The second kappa shape index (κ2) is 7.02. The SMILES string of the molecule is N#CC1C(=N)OC2=C(C(=O)CC(c3cccc(Cl)c3)C2)C1c1ccccc1. The van der Waals surface area contributed by atoms with Crippen LogP contribution in [-0.4, -0.2) is 11.7 Å². The van der Waals surface area contributed by atoms with Crippen molar-refractivity contribution in [3.63, 3.8) is 0 Å². The third-order valence-electron chi connectivity index (χ3n) is 5.24. The van der Waals surface area contributed by atoms with E-state index in [2.05, 4.69) is 6.07 Å². The van der Waals surface area contributed by atoms with Crippen LogP contribution in [0.1, 0.15) is 35.8 Å². The molecule has 0 spiro atoms. The van der Waals surface area contributed by atoms with Gasteiger partial charge in [-0.15, -0.1) is 0 Å². The summed E-state index contributed by atoms with van der Waals surface area (Å²) in [5, 5.41) is 18.4. The fourth-order valence-corrected chi connectivity index (χ4v) is 4.20. The van der Waals surface area contributed by atoms with Gasteiger partial charge in [0.25, 0.3) is 0 Å². The van der Waals surface area contributed by atoms with Crippen molar-refractivity contribution in [2.24, 2.45) is 5.92 Å². The second-order valence-electron chi connectivity index (χ2n) is 6.88. The number of rotatable bonds is 2. The van der Waals surface area contributed by atoms with Crippen molar-refractivity contribution in [2.45, 2.75) is 24.7 Å². The highest BCUT2D eigenvalue weighted by Crippen LogP contribution is 2.46. The molecule has 0 bridgehead atoms. The predicted molar refractivity (Wildman–Crippen MR) is 103 cm³/mol. The highest BCUT2D eigenvalue weighted by molar-refractivity contribution is 6.30. The van der Waals surface area contributed by atoms with Crippen LogP contribution in [0.4, 0.5) is 0 Å². The van der Waals surface area contributed by atoms with E-state index in [-0.39, 0.29) is 17.6 Å². The average Bonchev–Trinajstić information content (AvgIpc) is 2.67. The van der Waals surface area contributed by atoms with Crippen molar-refractivity contribution in [1.29, 1.82) is 10.7 Å². The van der Waals surface area contributed by atoms with Crippen LogP contribution >= 0.6 is 11.6 Å². The lowest BCUT2D eigenvalue weighted by Crippen LogP contribution is -2.36. The van der Waals surface area contributed by atoms with Gasteiger partial charge in [-0.05, 0) is 29.2 Å². The Morgan fingerprint density at radius 3 is 2.52 bits per heavy atom. The Kier molecular flexibility index (Phi) is 4.55. The molecule has 0 fully saturated rings. The number of ketones is 1. The number of Topliss-reactive ketones (excluding diaryl/α,β-unsaturated/α-hetero) is 1. The first-order valence-electron chi connectivity index (χ1n) is 8.81. The predicted octanol–water partition coefficient (Wildman–Crippen LogP) is 4.97. The molecule has 0 saturated heterocycles. The van der Waals surface area contributed by atoms with Crippen LogP contribution in [0.15, 0.2) is 65.9 Å². The number of nitrogens with one attached hydrogen (secondary N) is 1. The van der Waals surface area contributed by atoms with Crippen molar-refractivity contribution in [3.05, 3.63) is 82.1 Å². The Morgan fingerprint density at radius 2 is 1.81 bits per heavy atom. The first kappa shape index (κ1) is 17.5. The summed E-state index contributed by atoms with van der Waals surface area (Å²) in [5.74, 6) is -0.898. The highest BCUT2D eigenvalue weighted by Gasteiger charge is 2.44. The summed E-state index contributed by atoms with van der Waals surface area (Å²) in [7, 11) is 0. The van der Waals surface area contributed by atoms with E-state index < -0.39 is 11.8 Å². The fraction of sp³-hybridized carbons (Fsp3) is 0.227. The zero-order chi connectivity index (χ0) is 19.0. The van der Waals surface area contributed by atoms with Crippen molar-refractivity contribution < 1.29 is 9.53 Å². The van der Waals surface area contributed by atoms with Gasteiger partial charge in [0, 0.05) is 29.4 Å². The average molecular weight is 377 g/mol. The van der Waals surface area contributed by atoms with E-state index in [4.69, 9.17) is 21.7 Å². The molecule has 5 heteroatoms. The molecule has 3 unspecified atom stereocenters. The lowest BCUT2D eigenvalue weighted by atomic mass is 9.71. The van der Waals surface area contributed by atoms with Gasteiger partial charge in [0.2, 0.25) is 5.90 Å². The zero-order valence-electron chi connectivity index (χ0n) is 14.5. The van der Waals surface area contributed by atoms with Crippen molar-refractivity contribution in [2.75, 3.05) is 0 Å². The number of halogens is 1. The minimum absolute atomic E-state index is 0.0252. The molecule has 1 aliphatic heterocycles. The quantitative estimate of drug-likeness (QED) is 0.803. The molecule has 3 atom stereocenters. The molecule has 1 N–H and O–H groups in total. The third-order valence-corrected chi connectivity index (χ3v) is 5.48. The molecule has 0 saturated carbocycles. The molecule has 134 valence electrons. The Morgan fingerprint density at radius 1 is 1.07 bits per heavy atom. The van der Waals surface area contributed by atoms with Gasteiger partial charge in [-0.3, -0.25) is 10.2 Å². The smallest absolute Gasteiger partial charge is 0.205 e. The molecule has 0 aromatic heterocycles. The molecule has 4 rings (SSSR count). The van der Waals surface area contributed by atoms with Gasteiger partial charge in [-0.1, -0.05) is 54.1 Å². The van der Waals surface area contributed by atoms with E-state index >= 15 is 0 Å². The van der Waals surface area contributed by atoms with Crippen LogP contribution < -0.4 is 0 Å². The van der Waals surface area contributed by atoms with Gasteiger partial charge in [-0.25, -0.2) is 0 Å². The van der Waals surface area contributed by atoms with Crippen LogP contribution in [0.25, 0.3) is 0 Å². The number of allylic oxidation sites excluding steroid dienone is 2.